The summed E-state index contributed by atoms with van der Waals surface area (Å²) in [6.45, 7) is 11.6. The second-order valence-corrected chi connectivity index (χ2v) is 15.2. The third kappa shape index (κ3) is 8.64. The molecule has 2 aromatic carbocycles. The maximum absolute atomic E-state index is 15.6. The van der Waals surface area contributed by atoms with Gasteiger partial charge in [-0.15, -0.1) is 0 Å². The number of rotatable bonds is 4. The van der Waals surface area contributed by atoms with Crippen molar-refractivity contribution in [2.45, 2.75) is 65.2 Å². The molecule has 0 amide bonds. The summed E-state index contributed by atoms with van der Waals surface area (Å²) in [5.74, 6) is -0.548. The number of likely N-dealkylation sites (N-methyl/N-ethyl adjacent to an activating group) is 1. The van der Waals surface area contributed by atoms with Crippen LogP contribution in [0.3, 0.4) is 0 Å². The molecule has 2 heterocycles. The van der Waals surface area contributed by atoms with Crippen LogP contribution in [0.2, 0.25) is 0 Å². The Bertz CT molecular complexity index is 1840. The van der Waals surface area contributed by atoms with Gasteiger partial charge in [0.15, 0.2) is 27.2 Å². The highest BCUT2D eigenvalue weighted by Gasteiger charge is 2.34. The SMILES string of the molecule is C=C1/C=C(\N=C/C)C(/NC)=N/C(=N)[C@@](C)(c2cccc(CCO)c2)CCCC(C)(C)CS(=O)(=O)CCc2c(c(F)cc3[nH]ccc23)O1. The van der Waals surface area contributed by atoms with Gasteiger partial charge in [-0.2, -0.15) is 0 Å². The van der Waals surface area contributed by atoms with E-state index in [-0.39, 0.29) is 41.9 Å². The third-order valence-corrected chi connectivity index (χ3v) is 10.7. The highest BCUT2D eigenvalue weighted by Crippen LogP contribution is 2.37. The molecular weight excluding hydrogens is 617 g/mol. The number of amidine groups is 2. The Balaban J connectivity index is 1.88. The molecule has 1 aliphatic heterocycles. The Labute approximate surface area is 277 Å². The summed E-state index contributed by atoms with van der Waals surface area (Å²) < 4.78 is 48.6. The van der Waals surface area contributed by atoms with E-state index in [4.69, 9.17) is 9.73 Å². The molecule has 1 atom stereocenters. The maximum Gasteiger partial charge on any atom is 0.168 e. The lowest BCUT2D eigenvalue weighted by molar-refractivity contribution is 0.299. The van der Waals surface area contributed by atoms with E-state index in [1.165, 1.54) is 12.1 Å². The molecule has 0 fully saturated rings. The zero-order valence-corrected chi connectivity index (χ0v) is 28.7. The Kier molecular flexibility index (Phi) is 11.2. The maximum atomic E-state index is 15.6. The van der Waals surface area contributed by atoms with Crippen LogP contribution in [-0.4, -0.2) is 61.6 Å². The van der Waals surface area contributed by atoms with Crippen molar-refractivity contribution in [3.8, 4) is 5.75 Å². The van der Waals surface area contributed by atoms with Gasteiger partial charge in [0.25, 0.3) is 0 Å². The van der Waals surface area contributed by atoms with Crippen molar-refractivity contribution in [1.82, 2.24) is 10.3 Å². The zero-order valence-electron chi connectivity index (χ0n) is 27.9. The first-order chi connectivity index (χ1) is 22.2. The van der Waals surface area contributed by atoms with Crippen molar-refractivity contribution < 1.29 is 22.7 Å². The lowest BCUT2D eigenvalue weighted by atomic mass is 9.75. The predicted octanol–water partition coefficient (Wildman–Crippen LogP) is 6.43. The van der Waals surface area contributed by atoms with Crippen LogP contribution in [-0.2, 0) is 28.1 Å². The second-order valence-electron chi connectivity index (χ2n) is 13.0. The number of benzene rings is 2. The number of aromatic nitrogens is 1. The second kappa shape index (κ2) is 14.8. The summed E-state index contributed by atoms with van der Waals surface area (Å²) in [7, 11) is -1.88. The average Bonchev–Trinajstić information content (AvgIpc) is 3.46. The molecule has 47 heavy (non-hydrogen) atoms. The number of hydrogen-bond acceptors (Lipinski definition) is 7. The minimum absolute atomic E-state index is 0.00189. The molecule has 4 rings (SSSR count). The van der Waals surface area contributed by atoms with Crippen LogP contribution in [0, 0.1) is 16.6 Å². The quantitative estimate of drug-likeness (QED) is 0.238. The molecule has 1 aliphatic rings. The molecule has 3 aromatic rings. The molecule has 0 bridgehead atoms. The normalized spacial score (nSPS) is 23.6. The minimum Gasteiger partial charge on any atom is -0.455 e. The van der Waals surface area contributed by atoms with Gasteiger partial charge >= 0.3 is 0 Å². The first kappa shape index (κ1) is 35.8. The monoisotopic (exact) mass is 663 g/mol. The van der Waals surface area contributed by atoms with Crippen LogP contribution in [0.1, 0.15) is 63.6 Å². The number of fused-ring (bicyclic) bond motifs is 3. The van der Waals surface area contributed by atoms with Crippen molar-refractivity contribution in [2.75, 3.05) is 25.2 Å². The first-order valence-electron chi connectivity index (χ1n) is 15.8. The Morgan fingerprint density at radius 2 is 2.00 bits per heavy atom. The highest BCUT2D eigenvalue weighted by molar-refractivity contribution is 7.91. The van der Waals surface area contributed by atoms with Crippen LogP contribution in [0.15, 0.2) is 76.7 Å². The fraction of sp³-hybridized carbons (Fsp3) is 0.417. The number of aliphatic imine (C=N–C) groups is 2. The van der Waals surface area contributed by atoms with E-state index in [1.54, 1.807) is 32.4 Å². The number of H-pyrrole nitrogens is 1. The Morgan fingerprint density at radius 1 is 1.23 bits per heavy atom. The summed E-state index contributed by atoms with van der Waals surface area (Å²) in [5.41, 5.74) is 1.68. The van der Waals surface area contributed by atoms with Crippen LogP contribution in [0.25, 0.3) is 10.9 Å². The molecule has 4 N–H and O–H groups in total. The number of allylic oxidation sites excluding steroid dienone is 1. The van der Waals surface area contributed by atoms with Gasteiger partial charge in [-0.05, 0) is 62.1 Å². The van der Waals surface area contributed by atoms with Crippen molar-refractivity contribution >= 4 is 38.6 Å². The summed E-state index contributed by atoms with van der Waals surface area (Å²) in [6, 6.07) is 10.9. The van der Waals surface area contributed by atoms with Crippen molar-refractivity contribution in [1.29, 1.82) is 5.41 Å². The van der Waals surface area contributed by atoms with Crippen LogP contribution in [0.5, 0.6) is 5.75 Å². The molecule has 252 valence electrons. The first-order valence-corrected chi connectivity index (χ1v) is 17.7. The number of aliphatic hydroxyl groups excluding tert-OH is 1. The molecule has 1 aromatic heterocycles. The molecule has 0 saturated carbocycles. The van der Waals surface area contributed by atoms with Crippen LogP contribution < -0.4 is 10.1 Å². The molecule has 0 spiro atoms. The van der Waals surface area contributed by atoms with Crippen LogP contribution >= 0.6 is 0 Å². The smallest absolute Gasteiger partial charge is 0.168 e. The summed E-state index contributed by atoms with van der Waals surface area (Å²) in [6.07, 6.45) is 7.05. The third-order valence-electron chi connectivity index (χ3n) is 8.66. The van der Waals surface area contributed by atoms with Gasteiger partial charge in [-0.1, -0.05) is 51.1 Å². The van der Waals surface area contributed by atoms with Gasteiger partial charge in [0, 0.05) is 54.7 Å². The number of nitrogens with zero attached hydrogens (tertiary/aromatic N) is 2. The summed E-state index contributed by atoms with van der Waals surface area (Å²) in [4.78, 5) is 12.2. The fourth-order valence-corrected chi connectivity index (χ4v) is 8.19. The molecule has 9 nitrogen and oxygen atoms in total. The molecular formula is C36H46FN5O4S. The highest BCUT2D eigenvalue weighted by atomic mass is 32.2. The van der Waals surface area contributed by atoms with Gasteiger partial charge in [0.05, 0.1) is 16.9 Å². The zero-order chi connectivity index (χ0) is 34.4. The number of halogens is 1. The largest absolute Gasteiger partial charge is 0.455 e. The topological polar surface area (TPSA) is 140 Å². The van der Waals surface area contributed by atoms with Gasteiger partial charge in [-0.25, -0.2) is 17.8 Å². The summed E-state index contributed by atoms with van der Waals surface area (Å²) in [5, 5.41) is 22.6. The van der Waals surface area contributed by atoms with Crippen molar-refractivity contribution in [3.63, 3.8) is 0 Å². The number of hydrogen-bond donors (Lipinski definition) is 4. The van der Waals surface area contributed by atoms with Gasteiger partial charge in [0.1, 0.15) is 17.3 Å². The molecule has 0 unspecified atom stereocenters. The average molecular weight is 664 g/mol. The minimum atomic E-state index is -3.56. The van der Waals surface area contributed by atoms with E-state index in [2.05, 4.69) is 21.9 Å². The standard InChI is InChI=1S/C36H46FN5O4S/c1-7-40-31-20-24(2)46-32-28(27-12-17-41-30(27)22-29(32)37)14-19-47(44,45)23-35(3,4)15-9-16-36(5,34(38)42-33(31)39-6)26-11-8-10-25(21-26)13-18-43/h7-8,10-12,17,20-22,41,43H,2,9,13-16,18-19,23H2,1,3-6H3,(H2,38,39,42)/b31-20-,40-7-/t36-/m1/s1. The fourth-order valence-electron chi connectivity index (χ4n) is 6.19. The van der Waals surface area contributed by atoms with E-state index < -0.39 is 26.5 Å². The van der Waals surface area contributed by atoms with Crippen molar-refractivity contribution in [2.24, 2.45) is 15.4 Å². The Morgan fingerprint density at radius 3 is 2.70 bits per heavy atom. The van der Waals surface area contributed by atoms with Crippen molar-refractivity contribution in [3.05, 3.63) is 89.2 Å². The molecule has 0 aliphatic carbocycles. The van der Waals surface area contributed by atoms with E-state index in [9.17, 15) is 18.9 Å². The number of aromatic amines is 1. The van der Waals surface area contributed by atoms with Gasteiger partial charge in [0.2, 0.25) is 0 Å². The van der Waals surface area contributed by atoms with E-state index >= 15 is 4.39 Å². The van der Waals surface area contributed by atoms with E-state index in [0.29, 0.717) is 53.7 Å². The lowest BCUT2D eigenvalue weighted by Gasteiger charge is -2.32. The number of ether oxygens (including phenoxy) is 1. The number of nitrogens with one attached hydrogen (secondary N) is 3. The lowest BCUT2D eigenvalue weighted by Crippen LogP contribution is -2.34. The van der Waals surface area contributed by atoms with Gasteiger partial charge in [-0.3, -0.25) is 10.4 Å². The number of sulfone groups is 1. The van der Waals surface area contributed by atoms with E-state index in [1.807, 2.05) is 45.0 Å². The van der Waals surface area contributed by atoms with Crippen LogP contribution in [0.4, 0.5) is 4.39 Å². The molecule has 0 saturated heterocycles. The number of aliphatic hydroxyl groups is 1. The van der Waals surface area contributed by atoms with Gasteiger partial charge < -0.3 is 20.1 Å². The molecule has 11 heteroatoms. The molecule has 0 radical (unpaired) electrons. The Hall–Kier alpha value is -4.09. The summed E-state index contributed by atoms with van der Waals surface area (Å²) >= 11 is 0. The number of aryl methyl sites for hydroxylation is 1. The predicted molar refractivity (Wildman–Crippen MR) is 189 cm³/mol. The van der Waals surface area contributed by atoms with E-state index in [0.717, 1.165) is 11.1 Å².